The van der Waals surface area contributed by atoms with Crippen molar-refractivity contribution in [3.8, 4) is 34.4 Å². The Hall–Kier alpha value is -3.77. The van der Waals surface area contributed by atoms with Gasteiger partial charge in [-0.15, -0.1) is 0 Å². The summed E-state index contributed by atoms with van der Waals surface area (Å²) in [5, 5.41) is 24.9. The molecule has 1 saturated carbocycles. The fourth-order valence-corrected chi connectivity index (χ4v) is 8.30. The molecule has 0 aromatic heterocycles. The van der Waals surface area contributed by atoms with Crippen LogP contribution in [0, 0.1) is 11.3 Å². The van der Waals surface area contributed by atoms with Gasteiger partial charge in [0.25, 0.3) is 0 Å². The first-order valence-electron chi connectivity index (χ1n) is 19.2. The molecule has 0 spiro atoms. The molecular formula is C44H49Cl2N3O4. The Labute approximate surface area is 323 Å². The molecule has 3 aromatic carbocycles. The number of benzene rings is 3. The van der Waals surface area contributed by atoms with Crippen LogP contribution in [0.15, 0.2) is 84.0 Å². The molecule has 3 atom stereocenters. The fourth-order valence-electron chi connectivity index (χ4n) is 7.78. The van der Waals surface area contributed by atoms with Crippen molar-refractivity contribution in [2.24, 2.45) is 0 Å². The van der Waals surface area contributed by atoms with Gasteiger partial charge in [0.05, 0.1) is 28.8 Å². The Kier molecular flexibility index (Phi) is 12.8. The van der Waals surface area contributed by atoms with E-state index in [0.29, 0.717) is 46.0 Å². The SMILES string of the molecule is N#CC1=C/CC/C=C/C(COc2cc(O[C@H]3CCc4c(-c5cccc(OCCCN6CCC6)c5Cl)cccc43)c(Cl)cc2CN[C@@H]2CCCC[C@@H]2O)=C\1. The molecule has 0 bridgehead atoms. The first kappa shape index (κ1) is 37.5. The fraction of sp³-hybridized carbons (Fsp3) is 0.432. The monoisotopic (exact) mass is 753 g/mol. The molecule has 0 unspecified atom stereocenters. The standard InChI is InChI=1S/C44H49Cl2N3O4/c45-37-25-32(28-48-38-15-4-5-16-39(38)50)42(52-29-31-11-3-1-2-10-30(24-31)27-47)26-43(37)53-40-19-18-34-33(12-6-13-35(34)40)36-14-7-17-41(44(36)46)51-23-9-22-49-20-8-21-49/h3,6-7,10-14,17,24-26,38-40,48,50H,1-2,4-5,8-9,15-16,18-23,28-29H2/b11-3+,30-10+,31-24+/t38-,39+,40+/m1/s1. The number of allylic oxidation sites excluding steroid dienone is 4. The molecule has 9 heteroatoms. The molecule has 7 nitrogen and oxygen atoms in total. The third-order valence-corrected chi connectivity index (χ3v) is 11.5. The van der Waals surface area contributed by atoms with Gasteiger partial charge in [0, 0.05) is 41.9 Å². The van der Waals surface area contributed by atoms with Crippen molar-refractivity contribution >= 4 is 23.2 Å². The second-order valence-corrected chi connectivity index (χ2v) is 15.3. The minimum absolute atomic E-state index is 0.0194. The summed E-state index contributed by atoms with van der Waals surface area (Å²) in [7, 11) is 0. The first-order chi connectivity index (χ1) is 26.0. The van der Waals surface area contributed by atoms with Crippen molar-refractivity contribution < 1.29 is 19.3 Å². The highest BCUT2D eigenvalue weighted by molar-refractivity contribution is 6.35. The van der Waals surface area contributed by atoms with Gasteiger partial charge in [-0.1, -0.05) is 84.6 Å². The van der Waals surface area contributed by atoms with Crippen LogP contribution in [0.5, 0.6) is 17.2 Å². The Morgan fingerprint density at radius 3 is 2.60 bits per heavy atom. The number of ether oxygens (including phenoxy) is 3. The van der Waals surface area contributed by atoms with Crippen LogP contribution >= 0.6 is 23.2 Å². The average molecular weight is 755 g/mol. The first-order valence-corrected chi connectivity index (χ1v) is 20.0. The zero-order valence-electron chi connectivity index (χ0n) is 30.3. The van der Waals surface area contributed by atoms with Crippen molar-refractivity contribution in [1.82, 2.24) is 10.2 Å². The summed E-state index contributed by atoms with van der Waals surface area (Å²) in [6.45, 7) is 4.85. The van der Waals surface area contributed by atoms with Crippen LogP contribution in [0.3, 0.4) is 0 Å². The van der Waals surface area contributed by atoms with Crippen LogP contribution in [-0.4, -0.2) is 55.0 Å². The smallest absolute Gasteiger partial charge is 0.142 e. The van der Waals surface area contributed by atoms with E-state index in [-0.39, 0.29) is 24.9 Å². The van der Waals surface area contributed by atoms with E-state index >= 15 is 0 Å². The number of likely N-dealkylation sites (tertiary alicyclic amines) is 1. The molecule has 3 aromatic rings. The number of fused-ring (bicyclic) bond motifs is 1. The largest absolute Gasteiger partial charge is 0.492 e. The van der Waals surface area contributed by atoms with Crippen molar-refractivity contribution in [3.63, 3.8) is 0 Å². The molecule has 2 fully saturated rings. The predicted molar refractivity (Wildman–Crippen MR) is 212 cm³/mol. The number of hydrogen-bond donors (Lipinski definition) is 2. The second kappa shape index (κ2) is 18.0. The van der Waals surface area contributed by atoms with E-state index in [0.717, 1.165) is 92.2 Å². The zero-order chi connectivity index (χ0) is 36.6. The number of nitrogens with one attached hydrogen (secondary N) is 1. The van der Waals surface area contributed by atoms with E-state index < -0.39 is 0 Å². The van der Waals surface area contributed by atoms with E-state index in [4.69, 9.17) is 37.4 Å². The lowest BCUT2D eigenvalue weighted by atomic mass is 9.92. The minimum Gasteiger partial charge on any atom is -0.492 e. The maximum atomic E-state index is 10.6. The maximum Gasteiger partial charge on any atom is 0.142 e. The molecule has 7 rings (SSSR count). The van der Waals surface area contributed by atoms with Crippen LogP contribution in [0.25, 0.3) is 11.1 Å². The summed E-state index contributed by atoms with van der Waals surface area (Å²) >= 11 is 14.0. The van der Waals surface area contributed by atoms with Gasteiger partial charge in [0.2, 0.25) is 0 Å². The normalized spacial score (nSPS) is 23.9. The molecule has 53 heavy (non-hydrogen) atoms. The number of rotatable bonds is 14. The quantitative estimate of drug-likeness (QED) is 0.159. The zero-order valence-corrected chi connectivity index (χ0v) is 31.8. The molecule has 1 saturated heterocycles. The minimum atomic E-state index is -0.371. The highest BCUT2D eigenvalue weighted by Gasteiger charge is 2.29. The number of halogens is 2. The van der Waals surface area contributed by atoms with E-state index in [1.807, 2.05) is 42.5 Å². The Bertz CT molecular complexity index is 1900. The molecule has 3 aliphatic carbocycles. The van der Waals surface area contributed by atoms with Gasteiger partial charge >= 0.3 is 0 Å². The molecule has 1 heterocycles. The van der Waals surface area contributed by atoms with E-state index in [9.17, 15) is 10.4 Å². The molecule has 0 radical (unpaired) electrons. The lowest BCUT2D eigenvalue weighted by molar-refractivity contribution is 0.0901. The molecule has 278 valence electrons. The topological polar surface area (TPSA) is 87.0 Å². The van der Waals surface area contributed by atoms with Gasteiger partial charge in [-0.25, -0.2) is 0 Å². The van der Waals surface area contributed by atoms with Gasteiger partial charge in [-0.3, -0.25) is 0 Å². The molecule has 0 amide bonds. The number of aliphatic hydroxyl groups excluding tert-OH is 1. The number of nitriles is 1. The average Bonchev–Trinajstić information content (AvgIpc) is 3.55. The highest BCUT2D eigenvalue weighted by Crippen LogP contribution is 2.45. The summed E-state index contributed by atoms with van der Waals surface area (Å²) in [4.78, 5) is 2.45. The summed E-state index contributed by atoms with van der Waals surface area (Å²) in [5.41, 5.74) is 6.83. The van der Waals surface area contributed by atoms with E-state index in [1.165, 1.54) is 25.1 Å². The third-order valence-electron chi connectivity index (χ3n) is 10.9. The van der Waals surface area contributed by atoms with Crippen LogP contribution in [-0.2, 0) is 13.0 Å². The van der Waals surface area contributed by atoms with Crippen molar-refractivity contribution in [3.05, 3.63) is 111 Å². The highest BCUT2D eigenvalue weighted by atomic mass is 35.5. The van der Waals surface area contributed by atoms with Gasteiger partial charge in [0.1, 0.15) is 30.0 Å². The van der Waals surface area contributed by atoms with Gasteiger partial charge in [-0.2, -0.15) is 5.26 Å². The molecule has 2 N–H and O–H groups in total. The van der Waals surface area contributed by atoms with Crippen molar-refractivity contribution in [2.75, 3.05) is 32.8 Å². The molecule has 4 aliphatic rings. The number of hydrogen-bond acceptors (Lipinski definition) is 7. The Balaban J connectivity index is 1.10. The van der Waals surface area contributed by atoms with Gasteiger partial charge in [-0.05, 0) is 105 Å². The lowest BCUT2D eigenvalue weighted by Gasteiger charge is -2.30. The molecule has 1 aliphatic heterocycles. The third kappa shape index (κ3) is 9.31. The van der Waals surface area contributed by atoms with Crippen LogP contribution < -0.4 is 19.5 Å². The van der Waals surface area contributed by atoms with Crippen molar-refractivity contribution in [2.45, 2.75) is 89.0 Å². The Morgan fingerprint density at radius 1 is 0.925 bits per heavy atom. The van der Waals surface area contributed by atoms with Crippen LogP contribution in [0.4, 0.5) is 0 Å². The second-order valence-electron chi connectivity index (χ2n) is 14.5. The summed E-state index contributed by atoms with van der Waals surface area (Å²) in [5.74, 6) is 1.92. The van der Waals surface area contributed by atoms with Gasteiger partial charge < -0.3 is 29.5 Å². The summed E-state index contributed by atoms with van der Waals surface area (Å²) in [6.07, 6.45) is 16.9. The summed E-state index contributed by atoms with van der Waals surface area (Å²) in [6, 6.07) is 18.5. The Morgan fingerprint density at radius 2 is 1.77 bits per heavy atom. The number of aliphatic hydroxyl groups is 1. The van der Waals surface area contributed by atoms with Crippen LogP contribution in [0.2, 0.25) is 10.0 Å². The predicted octanol–water partition coefficient (Wildman–Crippen LogP) is 9.70. The lowest BCUT2D eigenvalue weighted by Crippen LogP contribution is -2.41. The number of nitrogens with zero attached hydrogens (tertiary/aromatic N) is 2. The van der Waals surface area contributed by atoms with E-state index in [1.54, 1.807) is 0 Å². The van der Waals surface area contributed by atoms with Crippen LogP contribution in [0.1, 0.15) is 80.6 Å². The molecular weight excluding hydrogens is 705 g/mol. The van der Waals surface area contributed by atoms with Crippen molar-refractivity contribution in [1.29, 1.82) is 5.26 Å². The summed E-state index contributed by atoms with van der Waals surface area (Å²) < 4.78 is 19.4. The van der Waals surface area contributed by atoms with Gasteiger partial charge in [0.15, 0.2) is 0 Å². The maximum absolute atomic E-state index is 10.6. The van der Waals surface area contributed by atoms with E-state index in [2.05, 4.69) is 46.6 Å².